The van der Waals surface area contributed by atoms with Crippen molar-refractivity contribution in [3.8, 4) is 0 Å². The van der Waals surface area contributed by atoms with Gasteiger partial charge >= 0.3 is 0 Å². The maximum absolute atomic E-state index is 12.3. The lowest BCUT2D eigenvalue weighted by Gasteiger charge is -2.22. The molecule has 7 heteroatoms. The summed E-state index contributed by atoms with van der Waals surface area (Å²) in [7, 11) is 1.44. The molecule has 1 heterocycles. The van der Waals surface area contributed by atoms with Crippen molar-refractivity contribution in [2.24, 2.45) is 10.3 Å². The largest absolute Gasteiger partial charge is 0.399 e. The fourth-order valence-electron chi connectivity index (χ4n) is 3.17. The van der Waals surface area contributed by atoms with Gasteiger partial charge < -0.3 is 9.68 Å². The predicted octanol–water partition coefficient (Wildman–Crippen LogP) is 5.55. The van der Waals surface area contributed by atoms with Gasteiger partial charge in [-0.05, 0) is 49.2 Å². The number of hydrogen-bond acceptors (Lipinski definition) is 5. The molecule has 146 valence electrons. The zero-order valence-electron chi connectivity index (χ0n) is 15.8. The summed E-state index contributed by atoms with van der Waals surface area (Å²) in [6.07, 6.45) is 2.20. The van der Waals surface area contributed by atoms with E-state index in [2.05, 4.69) is 15.1 Å². The molecule has 0 fully saturated rings. The highest BCUT2D eigenvalue weighted by Gasteiger charge is 2.37. The maximum Gasteiger partial charge on any atom is 0.168 e. The van der Waals surface area contributed by atoms with E-state index < -0.39 is 5.60 Å². The van der Waals surface area contributed by atoms with E-state index in [1.165, 1.54) is 13.3 Å². The zero-order valence-corrected chi connectivity index (χ0v) is 17.3. The van der Waals surface area contributed by atoms with Gasteiger partial charge in [-0.1, -0.05) is 45.6 Å². The van der Waals surface area contributed by atoms with Crippen molar-refractivity contribution >= 4 is 40.9 Å². The average molecular weight is 419 g/mol. The summed E-state index contributed by atoms with van der Waals surface area (Å²) in [5.74, 6) is -0.0205. The van der Waals surface area contributed by atoms with Crippen LogP contribution in [0.15, 0.2) is 46.7 Å². The molecule has 2 aromatic rings. The summed E-state index contributed by atoms with van der Waals surface area (Å²) >= 11 is 12.3. The second kappa shape index (κ2) is 8.33. The Balaban J connectivity index is 1.79. The van der Waals surface area contributed by atoms with Crippen LogP contribution in [-0.4, -0.2) is 24.8 Å². The summed E-state index contributed by atoms with van der Waals surface area (Å²) in [6.45, 7) is 3.85. The molecule has 1 atom stereocenters. The molecule has 0 spiro atoms. The second-order valence-electron chi connectivity index (χ2n) is 6.82. The van der Waals surface area contributed by atoms with Gasteiger partial charge in [0.2, 0.25) is 0 Å². The number of carbonyl (C=O) groups is 1. The highest BCUT2D eigenvalue weighted by atomic mass is 35.5. The number of rotatable bonds is 6. The van der Waals surface area contributed by atoms with Crippen LogP contribution in [0.25, 0.3) is 0 Å². The molecule has 0 aromatic heterocycles. The lowest BCUT2D eigenvalue weighted by atomic mass is 9.88. The Bertz CT molecular complexity index is 952. The van der Waals surface area contributed by atoms with E-state index in [0.29, 0.717) is 22.0 Å². The Morgan fingerprint density at radius 3 is 2.64 bits per heavy atom. The predicted molar refractivity (Wildman–Crippen MR) is 112 cm³/mol. The lowest BCUT2D eigenvalue weighted by molar-refractivity contribution is -0.00737. The fraction of sp³-hybridized carbons (Fsp3) is 0.286. The quantitative estimate of drug-likeness (QED) is 0.351. The van der Waals surface area contributed by atoms with E-state index in [0.717, 1.165) is 22.4 Å². The van der Waals surface area contributed by atoms with E-state index >= 15 is 0 Å². The molecule has 28 heavy (non-hydrogen) atoms. The SMILES string of the molecule is CO/N=C\CC(=O)c1ccc(C2=NOC(C)(c3cc(Cl)cc(Cl)c3)C2)cc1C. The minimum Gasteiger partial charge on any atom is -0.399 e. The number of benzene rings is 2. The van der Waals surface area contributed by atoms with Crippen molar-refractivity contribution in [2.45, 2.75) is 32.3 Å². The third-order valence-electron chi connectivity index (χ3n) is 4.65. The number of carbonyl (C=O) groups excluding carboxylic acids is 1. The highest BCUT2D eigenvalue weighted by molar-refractivity contribution is 6.34. The molecule has 0 bridgehead atoms. The zero-order chi connectivity index (χ0) is 20.3. The van der Waals surface area contributed by atoms with E-state index in [-0.39, 0.29) is 12.2 Å². The number of halogens is 2. The van der Waals surface area contributed by atoms with Gasteiger partial charge in [-0.15, -0.1) is 0 Å². The minimum atomic E-state index is -0.650. The molecule has 0 saturated carbocycles. The van der Waals surface area contributed by atoms with Crippen LogP contribution in [0.2, 0.25) is 10.0 Å². The standard InChI is InChI=1S/C21H20Cl2N2O3/c1-13-8-14(4-5-18(13)20(26)6-7-24-27-3)19-12-21(2,28-25-19)15-9-16(22)11-17(23)10-15/h4-5,7-11H,6,12H2,1-3H3/b24-7-. The van der Waals surface area contributed by atoms with Crippen molar-refractivity contribution in [3.05, 3.63) is 68.7 Å². The molecule has 2 aromatic carbocycles. The monoisotopic (exact) mass is 418 g/mol. The molecule has 5 nitrogen and oxygen atoms in total. The normalized spacial score (nSPS) is 18.8. The van der Waals surface area contributed by atoms with Gasteiger partial charge in [0.05, 0.1) is 11.9 Å². The van der Waals surface area contributed by atoms with E-state index in [4.69, 9.17) is 28.0 Å². The van der Waals surface area contributed by atoms with E-state index in [1.54, 1.807) is 6.07 Å². The number of hydrogen-bond donors (Lipinski definition) is 0. The van der Waals surface area contributed by atoms with Crippen LogP contribution in [-0.2, 0) is 15.3 Å². The van der Waals surface area contributed by atoms with Gasteiger partial charge in [0.1, 0.15) is 7.11 Å². The third kappa shape index (κ3) is 4.37. The summed E-state index contributed by atoms with van der Waals surface area (Å²) < 4.78 is 0. The van der Waals surface area contributed by atoms with Crippen LogP contribution in [0.5, 0.6) is 0 Å². The van der Waals surface area contributed by atoms with Gasteiger partial charge in [-0.3, -0.25) is 4.79 Å². The topological polar surface area (TPSA) is 60.2 Å². The average Bonchev–Trinajstić information content (AvgIpc) is 3.04. The van der Waals surface area contributed by atoms with E-state index in [1.807, 2.05) is 44.2 Å². The van der Waals surface area contributed by atoms with Crippen molar-refractivity contribution < 1.29 is 14.5 Å². The van der Waals surface area contributed by atoms with Crippen LogP contribution in [0.4, 0.5) is 0 Å². The first-order valence-electron chi connectivity index (χ1n) is 8.73. The first-order valence-corrected chi connectivity index (χ1v) is 9.49. The molecule has 1 aliphatic rings. The number of oxime groups is 2. The third-order valence-corrected chi connectivity index (χ3v) is 5.09. The lowest BCUT2D eigenvalue weighted by Crippen LogP contribution is -2.22. The second-order valence-corrected chi connectivity index (χ2v) is 7.70. The molecule has 1 aliphatic heterocycles. The first-order chi connectivity index (χ1) is 13.3. The molecule has 0 aliphatic carbocycles. The molecule has 3 rings (SSSR count). The first kappa shape index (κ1) is 20.4. The summed E-state index contributed by atoms with van der Waals surface area (Å²) in [5.41, 5.74) is 3.46. The highest BCUT2D eigenvalue weighted by Crippen LogP contribution is 2.38. The van der Waals surface area contributed by atoms with Gasteiger partial charge in [0.25, 0.3) is 0 Å². The van der Waals surface area contributed by atoms with Crippen LogP contribution < -0.4 is 0 Å². The van der Waals surface area contributed by atoms with Crippen molar-refractivity contribution in [1.82, 2.24) is 0 Å². The van der Waals surface area contributed by atoms with Crippen LogP contribution in [0.1, 0.15) is 46.8 Å². The Hall–Kier alpha value is -2.37. The van der Waals surface area contributed by atoms with Gasteiger partial charge in [0.15, 0.2) is 11.4 Å². The number of nitrogens with zero attached hydrogens (tertiary/aromatic N) is 2. The minimum absolute atomic E-state index is 0.0205. The molecular weight excluding hydrogens is 399 g/mol. The summed E-state index contributed by atoms with van der Waals surface area (Å²) in [6, 6.07) is 11.0. The Kier molecular flexibility index (Phi) is 6.06. The van der Waals surface area contributed by atoms with Crippen LogP contribution in [0.3, 0.4) is 0 Å². The van der Waals surface area contributed by atoms with E-state index in [9.17, 15) is 4.79 Å². The Morgan fingerprint density at radius 2 is 2.00 bits per heavy atom. The summed E-state index contributed by atoms with van der Waals surface area (Å²) in [5, 5.41) is 8.99. The molecule has 1 unspecified atom stereocenters. The molecule has 0 amide bonds. The molecular formula is C21H20Cl2N2O3. The molecule has 0 radical (unpaired) electrons. The van der Waals surface area contributed by atoms with Crippen LogP contribution in [0, 0.1) is 6.92 Å². The van der Waals surface area contributed by atoms with Gasteiger partial charge in [0, 0.05) is 34.0 Å². The number of aryl methyl sites for hydroxylation is 1. The molecule has 0 saturated heterocycles. The fourth-order valence-corrected chi connectivity index (χ4v) is 3.70. The number of Topliss-reactive ketones (excluding diaryl/α,β-unsaturated/α-hetero) is 1. The molecule has 0 N–H and O–H groups in total. The van der Waals surface area contributed by atoms with Gasteiger partial charge in [-0.2, -0.15) is 0 Å². The Labute approximate surface area is 173 Å². The maximum atomic E-state index is 12.3. The van der Waals surface area contributed by atoms with Crippen molar-refractivity contribution in [3.63, 3.8) is 0 Å². The van der Waals surface area contributed by atoms with Crippen molar-refractivity contribution in [1.29, 1.82) is 0 Å². The van der Waals surface area contributed by atoms with Crippen LogP contribution >= 0.6 is 23.2 Å². The summed E-state index contributed by atoms with van der Waals surface area (Å²) in [4.78, 5) is 22.6. The van der Waals surface area contributed by atoms with Gasteiger partial charge in [-0.25, -0.2) is 0 Å². The smallest absolute Gasteiger partial charge is 0.168 e. The number of ketones is 1. The van der Waals surface area contributed by atoms with Crippen molar-refractivity contribution in [2.75, 3.05) is 7.11 Å². The Morgan fingerprint density at radius 1 is 1.29 bits per heavy atom.